The molecule has 1 amide bonds. The summed E-state index contributed by atoms with van der Waals surface area (Å²) in [5.74, 6) is 0.747. The summed E-state index contributed by atoms with van der Waals surface area (Å²) in [6.45, 7) is 6.18. The third kappa shape index (κ3) is 3.27. The maximum atomic E-state index is 12.0. The lowest BCUT2D eigenvalue weighted by Gasteiger charge is -2.06. The van der Waals surface area contributed by atoms with E-state index in [1.54, 1.807) is 19.1 Å². The predicted molar refractivity (Wildman–Crippen MR) is 70.1 cm³/mol. The maximum Gasteiger partial charge on any atom is 0.322 e. The van der Waals surface area contributed by atoms with E-state index in [1.165, 1.54) is 0 Å². The van der Waals surface area contributed by atoms with Crippen molar-refractivity contribution >= 4 is 17.7 Å². The highest BCUT2D eigenvalue weighted by Crippen LogP contribution is 2.12. The second-order valence-electron chi connectivity index (χ2n) is 3.99. The molecule has 0 aliphatic heterocycles. The van der Waals surface area contributed by atoms with E-state index in [-0.39, 0.29) is 11.9 Å². The van der Waals surface area contributed by atoms with E-state index >= 15 is 0 Å². The van der Waals surface area contributed by atoms with Gasteiger partial charge in [-0.05, 0) is 26.0 Å². The standard InChI is InChI=1S/C12H15N5O2/c1-4-13-10-6-9(5-7(2)14-10)11(18)15-12-17-16-8(3)19-12/h5-6H,4H2,1-3H3,(H,13,14)(H,15,17,18). The quantitative estimate of drug-likeness (QED) is 0.871. The van der Waals surface area contributed by atoms with Crippen LogP contribution in [0.3, 0.4) is 0 Å². The molecule has 2 N–H and O–H groups in total. The van der Waals surface area contributed by atoms with Gasteiger partial charge in [0.2, 0.25) is 5.89 Å². The number of anilines is 2. The molecule has 0 saturated carbocycles. The van der Waals surface area contributed by atoms with Crippen molar-refractivity contribution in [2.24, 2.45) is 0 Å². The number of hydrogen-bond acceptors (Lipinski definition) is 6. The second-order valence-corrected chi connectivity index (χ2v) is 3.99. The lowest BCUT2D eigenvalue weighted by molar-refractivity contribution is 0.102. The molecule has 0 saturated heterocycles. The van der Waals surface area contributed by atoms with Crippen molar-refractivity contribution in [2.75, 3.05) is 17.2 Å². The molecule has 2 aromatic heterocycles. The first kappa shape index (κ1) is 13.0. The molecule has 0 unspecified atom stereocenters. The smallest absolute Gasteiger partial charge is 0.322 e. The van der Waals surface area contributed by atoms with E-state index in [0.29, 0.717) is 17.3 Å². The fraction of sp³-hybridized carbons (Fsp3) is 0.333. The summed E-state index contributed by atoms with van der Waals surface area (Å²) in [6, 6.07) is 3.45. The molecule has 0 aliphatic carbocycles. The van der Waals surface area contributed by atoms with Gasteiger partial charge in [0.05, 0.1) is 0 Å². The molecular weight excluding hydrogens is 246 g/mol. The van der Waals surface area contributed by atoms with Gasteiger partial charge < -0.3 is 9.73 Å². The minimum atomic E-state index is -0.312. The van der Waals surface area contributed by atoms with Crippen molar-refractivity contribution in [3.8, 4) is 0 Å². The number of aryl methyl sites for hydroxylation is 2. The van der Waals surface area contributed by atoms with E-state index in [0.717, 1.165) is 12.2 Å². The number of nitrogens with zero attached hydrogens (tertiary/aromatic N) is 3. The first-order chi connectivity index (χ1) is 9.08. The van der Waals surface area contributed by atoms with Gasteiger partial charge >= 0.3 is 6.01 Å². The van der Waals surface area contributed by atoms with Crippen LogP contribution in [0.2, 0.25) is 0 Å². The molecule has 2 rings (SSSR count). The third-order valence-corrected chi connectivity index (χ3v) is 2.32. The van der Waals surface area contributed by atoms with Gasteiger partial charge in [0.25, 0.3) is 5.91 Å². The van der Waals surface area contributed by atoms with Crippen LogP contribution in [0.25, 0.3) is 0 Å². The van der Waals surface area contributed by atoms with Crippen LogP contribution in [0.15, 0.2) is 16.5 Å². The Labute approximate surface area is 110 Å². The van der Waals surface area contributed by atoms with Gasteiger partial charge in [-0.25, -0.2) is 4.98 Å². The van der Waals surface area contributed by atoms with Crippen molar-refractivity contribution in [1.29, 1.82) is 0 Å². The first-order valence-electron chi connectivity index (χ1n) is 5.92. The number of amides is 1. The summed E-state index contributed by atoms with van der Waals surface area (Å²) in [6.07, 6.45) is 0. The van der Waals surface area contributed by atoms with Crippen LogP contribution in [0.5, 0.6) is 0 Å². The summed E-state index contributed by atoms with van der Waals surface area (Å²) in [5, 5.41) is 13.0. The van der Waals surface area contributed by atoms with Crippen LogP contribution in [-0.2, 0) is 0 Å². The molecule has 0 aromatic carbocycles. The molecule has 0 fully saturated rings. The molecular formula is C12H15N5O2. The highest BCUT2D eigenvalue weighted by Gasteiger charge is 2.12. The summed E-state index contributed by atoms with van der Waals surface area (Å²) in [7, 11) is 0. The maximum absolute atomic E-state index is 12.0. The molecule has 0 atom stereocenters. The topological polar surface area (TPSA) is 92.9 Å². The third-order valence-electron chi connectivity index (χ3n) is 2.32. The van der Waals surface area contributed by atoms with E-state index < -0.39 is 0 Å². The molecule has 19 heavy (non-hydrogen) atoms. The molecule has 0 radical (unpaired) electrons. The molecule has 100 valence electrons. The Morgan fingerprint density at radius 1 is 1.32 bits per heavy atom. The van der Waals surface area contributed by atoms with Gasteiger partial charge in [-0.1, -0.05) is 5.10 Å². The fourth-order valence-corrected chi connectivity index (χ4v) is 1.59. The van der Waals surface area contributed by atoms with Gasteiger partial charge in [-0.15, -0.1) is 5.10 Å². The number of hydrogen-bond donors (Lipinski definition) is 2. The summed E-state index contributed by atoms with van der Waals surface area (Å²) < 4.78 is 5.10. The van der Waals surface area contributed by atoms with Gasteiger partial charge in [-0.3, -0.25) is 10.1 Å². The van der Waals surface area contributed by atoms with E-state index in [4.69, 9.17) is 4.42 Å². The molecule has 7 heteroatoms. The molecule has 0 spiro atoms. The van der Waals surface area contributed by atoms with Crippen LogP contribution in [0, 0.1) is 13.8 Å². The Kier molecular flexibility index (Phi) is 3.74. The lowest BCUT2D eigenvalue weighted by atomic mass is 10.2. The fourth-order valence-electron chi connectivity index (χ4n) is 1.59. The Bertz CT molecular complexity index is 594. The minimum Gasteiger partial charge on any atom is -0.408 e. The first-order valence-corrected chi connectivity index (χ1v) is 5.92. The highest BCUT2D eigenvalue weighted by molar-refractivity contribution is 6.03. The highest BCUT2D eigenvalue weighted by atomic mass is 16.4. The Balaban J connectivity index is 2.18. The second kappa shape index (κ2) is 5.47. The van der Waals surface area contributed by atoms with Crippen molar-refractivity contribution < 1.29 is 9.21 Å². The number of pyridine rings is 1. The predicted octanol–water partition coefficient (Wildman–Crippen LogP) is 1.77. The number of carbonyl (C=O) groups excluding carboxylic acids is 1. The lowest BCUT2D eigenvalue weighted by Crippen LogP contribution is -2.13. The van der Waals surface area contributed by atoms with Crippen molar-refractivity contribution in [2.45, 2.75) is 20.8 Å². The zero-order valence-corrected chi connectivity index (χ0v) is 11.0. The number of carbonyl (C=O) groups is 1. The monoisotopic (exact) mass is 261 g/mol. The summed E-state index contributed by atoms with van der Waals surface area (Å²) in [5.41, 5.74) is 1.24. The van der Waals surface area contributed by atoms with Gasteiger partial charge in [0.1, 0.15) is 5.82 Å². The van der Waals surface area contributed by atoms with Crippen molar-refractivity contribution in [3.05, 3.63) is 29.3 Å². The average molecular weight is 261 g/mol. The van der Waals surface area contributed by atoms with Crippen LogP contribution in [0.1, 0.15) is 28.9 Å². The minimum absolute atomic E-state index is 0.0852. The van der Waals surface area contributed by atoms with E-state index in [9.17, 15) is 4.79 Å². The summed E-state index contributed by atoms with van der Waals surface area (Å²) >= 11 is 0. The number of rotatable bonds is 4. The zero-order valence-electron chi connectivity index (χ0n) is 11.0. The average Bonchev–Trinajstić information content (AvgIpc) is 2.74. The molecule has 0 aliphatic rings. The van der Waals surface area contributed by atoms with Gasteiger partial charge in [0, 0.05) is 24.7 Å². The van der Waals surface area contributed by atoms with Crippen molar-refractivity contribution in [3.63, 3.8) is 0 Å². The van der Waals surface area contributed by atoms with Crippen LogP contribution in [0.4, 0.5) is 11.8 Å². The molecule has 0 bridgehead atoms. The Hall–Kier alpha value is -2.44. The van der Waals surface area contributed by atoms with Gasteiger partial charge in [0.15, 0.2) is 0 Å². The van der Waals surface area contributed by atoms with Crippen LogP contribution in [-0.4, -0.2) is 27.6 Å². The molecule has 2 heterocycles. The zero-order chi connectivity index (χ0) is 13.8. The number of aromatic nitrogens is 3. The van der Waals surface area contributed by atoms with Gasteiger partial charge in [-0.2, -0.15) is 0 Å². The Morgan fingerprint density at radius 3 is 2.74 bits per heavy atom. The number of nitrogens with one attached hydrogen (secondary N) is 2. The van der Waals surface area contributed by atoms with Crippen molar-refractivity contribution in [1.82, 2.24) is 15.2 Å². The van der Waals surface area contributed by atoms with Crippen LogP contribution >= 0.6 is 0 Å². The largest absolute Gasteiger partial charge is 0.408 e. The van der Waals surface area contributed by atoms with E-state index in [2.05, 4.69) is 25.8 Å². The molecule has 2 aromatic rings. The Morgan fingerprint density at radius 2 is 2.11 bits per heavy atom. The molecule has 7 nitrogen and oxygen atoms in total. The SMILES string of the molecule is CCNc1cc(C(=O)Nc2nnc(C)o2)cc(C)n1. The summed E-state index contributed by atoms with van der Waals surface area (Å²) in [4.78, 5) is 16.3. The van der Waals surface area contributed by atoms with Crippen LogP contribution < -0.4 is 10.6 Å². The normalized spacial score (nSPS) is 10.3. The van der Waals surface area contributed by atoms with E-state index in [1.807, 2.05) is 13.8 Å².